The van der Waals surface area contributed by atoms with E-state index in [9.17, 15) is 63.0 Å². The average Bonchev–Trinajstić information content (AvgIpc) is 1.77. The molecule has 7 rings (SSSR count). The number of halogens is 1. The second-order valence-corrected chi connectivity index (χ2v) is 28.5. The molecule has 110 heavy (non-hydrogen) atoms. The van der Waals surface area contributed by atoms with E-state index in [1.54, 1.807) is 98.8 Å². The number of aromatic nitrogens is 1. The maximum absolute atomic E-state index is 15.3. The number of carbonyl (C=O) groups excluding carboxylic acids is 12. The number of hydrogen-bond donors (Lipinski definition) is 15. The number of aliphatic hydroxyl groups is 1. The second-order valence-electron chi connectivity index (χ2n) is 28.1. The van der Waals surface area contributed by atoms with Crippen molar-refractivity contribution >= 4 is 111 Å². The first-order chi connectivity index (χ1) is 52.4. The van der Waals surface area contributed by atoms with Gasteiger partial charge in [0.1, 0.15) is 54.4 Å². The monoisotopic (exact) mass is 1530 g/mol. The van der Waals surface area contributed by atoms with Gasteiger partial charge in [0.2, 0.25) is 70.9 Å². The molecule has 0 radical (unpaired) electrons. The van der Waals surface area contributed by atoms with Gasteiger partial charge < -0.3 is 84.6 Å². The molecule has 1 saturated heterocycles. The van der Waals surface area contributed by atoms with Crippen molar-refractivity contribution in [2.75, 3.05) is 30.3 Å². The zero-order chi connectivity index (χ0) is 80.1. The third kappa shape index (κ3) is 27.8. The largest absolute Gasteiger partial charge is 0.479 e. The fourth-order valence-electron chi connectivity index (χ4n) is 12.6. The number of aliphatic carboxylic acids is 1. The quantitative estimate of drug-likeness (QED) is 0.0194. The van der Waals surface area contributed by atoms with Crippen LogP contribution in [-0.4, -0.2) is 183 Å². The summed E-state index contributed by atoms with van der Waals surface area (Å²) in [6.45, 7) is 11.0. The molecule has 1 aliphatic rings. The second kappa shape index (κ2) is 42.5. The van der Waals surface area contributed by atoms with Gasteiger partial charge in [0.15, 0.2) is 6.17 Å². The first kappa shape index (κ1) is 86.0. The number of likely N-dealkylation sites (tertiary alicyclic amines) is 1. The average molecular weight is 1540 g/mol. The standard InChI is InChI=1S/C79H100ClN15O15/c1-45(2)36-61(70(100)87-60(17-10-11-34-83-46(3)4)78(108)95-35-13-18-68(95)77(107)94-69(81)79(109)110)88-72(102)64(39-51-22-29-58(30-23-51)84-47(5)97)90-74(104)65(40-52-24-31-59(32-25-52)85-48(6)98)92-76(106)67(44-96)93-75(105)66(42-54-14-12-33-82-43-54)91-73(103)63(38-50-20-27-57(80)28-21-50)89-71(101)62(86-49(7)99)41-53-19-26-55-15-8-9-16-56(55)37-53/h8-9,12,14-16,19-33,37,43,45-46,60-69,83,96H,10-11,13,17-18,34-36,38-42,44,81H2,1-7H3,(H,84,97)(H,85,98)(H,86,99)(H,87,100)(H,88,102)(H,89,101)(H,90,104)(H,91,103)(H,92,106)(H,93,105)(H,94,107)(H,109,110)/t60-,61-,62+,63+,64+,65-,66+,67-,68-,69?/m0/s1. The van der Waals surface area contributed by atoms with Crippen LogP contribution in [0.1, 0.15) is 115 Å². The number of fused-ring (bicyclic) bond motifs is 1. The number of anilines is 2. The first-order valence-corrected chi connectivity index (χ1v) is 37.0. The van der Waals surface area contributed by atoms with Crippen molar-refractivity contribution < 1.29 is 72.5 Å². The molecule has 30 nitrogen and oxygen atoms in total. The number of nitrogens with zero attached hydrogens (tertiary/aromatic N) is 2. The van der Waals surface area contributed by atoms with Crippen molar-refractivity contribution in [1.82, 2.24) is 63.1 Å². The Morgan fingerprint density at radius 3 is 1.42 bits per heavy atom. The van der Waals surface area contributed by atoms with Crippen molar-refractivity contribution in [3.63, 3.8) is 0 Å². The summed E-state index contributed by atoms with van der Waals surface area (Å²) in [6, 6.07) is 22.5. The van der Waals surface area contributed by atoms with Crippen LogP contribution in [0.2, 0.25) is 5.02 Å². The minimum Gasteiger partial charge on any atom is -0.479 e. The van der Waals surface area contributed by atoms with E-state index < -0.39 is 132 Å². The third-order valence-electron chi connectivity index (χ3n) is 18.1. The van der Waals surface area contributed by atoms with Gasteiger partial charge in [0.05, 0.1) is 6.61 Å². The Kier molecular flexibility index (Phi) is 33.3. The molecule has 0 bridgehead atoms. The van der Waals surface area contributed by atoms with Gasteiger partial charge in [-0.05, 0) is 132 Å². The lowest BCUT2D eigenvalue weighted by molar-refractivity contribution is -0.145. The van der Waals surface area contributed by atoms with Crippen LogP contribution in [0.4, 0.5) is 11.4 Å². The van der Waals surface area contributed by atoms with Gasteiger partial charge >= 0.3 is 5.97 Å². The molecule has 2 heterocycles. The molecule has 588 valence electrons. The number of carboxylic acid groups (broad SMARTS) is 1. The maximum atomic E-state index is 15.3. The number of rotatable bonds is 40. The SMILES string of the molecule is CC(=O)Nc1ccc(C[C@H](NC(=O)[C@H](CO)NC(=O)[C@@H](Cc2cccnc2)NC(=O)[C@@H](Cc2ccc(Cl)cc2)NC(=O)[C@@H](Cc2ccc3ccccc3c2)NC(C)=O)C(=O)N[C@H](Cc2ccc(NC(C)=O)cc2)C(=O)N[C@@H](CC(C)C)C(=O)N[C@@H](CCCCNC(C)C)C(=O)N2CCC[C@H]2C(=O)NC(N)C(=O)O)cc1. The van der Waals surface area contributed by atoms with Crippen LogP contribution in [0.25, 0.3) is 10.8 Å². The van der Waals surface area contributed by atoms with Crippen molar-refractivity contribution in [2.45, 2.75) is 186 Å². The molecule has 12 amide bonds. The highest BCUT2D eigenvalue weighted by molar-refractivity contribution is 6.30. The minimum absolute atomic E-state index is 0.00682. The fraction of sp³-hybridized carbons (Fsp3) is 0.418. The van der Waals surface area contributed by atoms with Gasteiger partial charge in [-0.1, -0.05) is 124 Å². The van der Waals surface area contributed by atoms with E-state index in [0.717, 1.165) is 10.8 Å². The summed E-state index contributed by atoms with van der Waals surface area (Å²) in [5, 5.41) is 55.4. The number of carboxylic acids is 1. The zero-order valence-corrected chi connectivity index (χ0v) is 63.4. The normalized spacial score (nSPS) is 15.0. The predicted molar refractivity (Wildman–Crippen MR) is 413 cm³/mol. The summed E-state index contributed by atoms with van der Waals surface area (Å²) < 4.78 is 0. The van der Waals surface area contributed by atoms with Gasteiger partial charge in [-0.15, -0.1) is 0 Å². The highest BCUT2D eigenvalue weighted by Gasteiger charge is 2.41. The molecule has 1 fully saturated rings. The summed E-state index contributed by atoms with van der Waals surface area (Å²) in [6.07, 6.45) is 1.82. The number of aliphatic hydroxyl groups excluding tert-OH is 1. The lowest BCUT2D eigenvalue weighted by atomic mass is 9.99. The van der Waals surface area contributed by atoms with Crippen LogP contribution in [0.3, 0.4) is 0 Å². The summed E-state index contributed by atoms with van der Waals surface area (Å²) in [5.74, 6) is -10.9. The van der Waals surface area contributed by atoms with Crippen molar-refractivity contribution in [3.05, 3.63) is 173 Å². The first-order valence-electron chi connectivity index (χ1n) is 36.6. The minimum atomic E-state index is -1.86. The number of pyridine rings is 1. The lowest BCUT2D eigenvalue weighted by Gasteiger charge is -2.31. The van der Waals surface area contributed by atoms with Crippen LogP contribution in [0, 0.1) is 5.92 Å². The van der Waals surface area contributed by atoms with Gasteiger partial charge in [-0.2, -0.15) is 0 Å². The Balaban J connectivity index is 1.18. The Bertz CT molecular complexity index is 4190. The number of benzene rings is 5. The van der Waals surface area contributed by atoms with E-state index in [1.807, 2.05) is 56.3 Å². The Morgan fingerprint density at radius 1 is 0.500 bits per heavy atom. The Hall–Kier alpha value is -11.2. The molecular formula is C79H100ClN15O15. The fourth-order valence-corrected chi connectivity index (χ4v) is 12.7. The summed E-state index contributed by atoms with van der Waals surface area (Å²) in [5.41, 5.74) is 8.93. The Morgan fingerprint density at radius 2 is 0.945 bits per heavy atom. The Labute approximate surface area is 643 Å². The zero-order valence-electron chi connectivity index (χ0n) is 62.7. The highest BCUT2D eigenvalue weighted by Crippen LogP contribution is 2.23. The van der Waals surface area contributed by atoms with E-state index in [2.05, 4.69) is 68.8 Å². The molecule has 6 aromatic rings. The molecule has 1 aromatic heterocycles. The number of hydrogen-bond acceptors (Lipinski definition) is 17. The summed E-state index contributed by atoms with van der Waals surface area (Å²) >= 11 is 6.26. The topological polar surface area (TPSA) is 449 Å². The molecule has 0 aliphatic carbocycles. The van der Waals surface area contributed by atoms with Crippen molar-refractivity contribution in [1.29, 1.82) is 0 Å². The van der Waals surface area contributed by atoms with E-state index >= 15 is 9.59 Å². The number of carbonyl (C=O) groups is 13. The van der Waals surface area contributed by atoms with Crippen molar-refractivity contribution in [3.8, 4) is 0 Å². The van der Waals surface area contributed by atoms with Crippen LogP contribution in [0.5, 0.6) is 0 Å². The van der Waals surface area contributed by atoms with E-state index in [4.69, 9.17) is 17.3 Å². The number of nitrogens with one attached hydrogen (secondary N) is 12. The van der Waals surface area contributed by atoms with Crippen LogP contribution in [0.15, 0.2) is 140 Å². The van der Waals surface area contributed by atoms with Crippen LogP contribution >= 0.6 is 11.6 Å². The van der Waals surface area contributed by atoms with E-state index in [-0.39, 0.29) is 81.7 Å². The smallest absolute Gasteiger partial charge is 0.341 e. The molecule has 1 unspecified atom stereocenters. The van der Waals surface area contributed by atoms with Gasteiger partial charge in [0.25, 0.3) is 0 Å². The van der Waals surface area contributed by atoms with Gasteiger partial charge in [-0.25, -0.2) is 4.79 Å². The van der Waals surface area contributed by atoms with Gasteiger partial charge in [-0.3, -0.25) is 62.5 Å². The van der Waals surface area contributed by atoms with Crippen molar-refractivity contribution in [2.24, 2.45) is 11.7 Å². The van der Waals surface area contributed by atoms with E-state index in [0.29, 0.717) is 70.0 Å². The van der Waals surface area contributed by atoms with Gasteiger partial charge in [0, 0.05) is 94.3 Å². The van der Waals surface area contributed by atoms with Crippen LogP contribution < -0.4 is 69.5 Å². The predicted octanol–water partition coefficient (Wildman–Crippen LogP) is 2.90. The summed E-state index contributed by atoms with van der Waals surface area (Å²) in [7, 11) is 0. The van der Waals surface area contributed by atoms with Crippen LogP contribution in [-0.2, 0) is 94.4 Å². The molecule has 0 spiro atoms. The van der Waals surface area contributed by atoms with E-state index in [1.165, 1.54) is 38.1 Å². The molecular weight excluding hydrogens is 1430 g/mol. The maximum Gasteiger partial charge on any atom is 0.341 e. The number of nitrogens with two attached hydrogens (primary N) is 1. The molecule has 10 atom stereocenters. The lowest BCUT2D eigenvalue weighted by Crippen LogP contribution is -2.62. The molecule has 31 heteroatoms. The highest BCUT2D eigenvalue weighted by atomic mass is 35.5. The number of unbranched alkanes of at least 4 members (excludes halogenated alkanes) is 1. The molecule has 1 aliphatic heterocycles. The molecule has 0 saturated carbocycles. The third-order valence-corrected chi connectivity index (χ3v) is 18.3. The molecule has 5 aromatic carbocycles. The number of amides is 12. The summed E-state index contributed by atoms with van der Waals surface area (Å²) in [4.78, 5) is 186. The molecule has 16 N–H and O–H groups in total.